The fraction of sp³-hybridized carbons (Fsp3) is 0.0870. The van der Waals surface area contributed by atoms with Gasteiger partial charge in [-0.25, -0.2) is 0 Å². The molecule has 5 heteroatoms. The molecule has 1 N–H and O–H groups in total. The third-order valence-electron chi connectivity index (χ3n) is 4.58. The first-order valence-corrected chi connectivity index (χ1v) is 9.02. The highest BCUT2D eigenvalue weighted by molar-refractivity contribution is 6.36. The first-order valence-electron chi connectivity index (χ1n) is 9.02. The van der Waals surface area contributed by atoms with Gasteiger partial charge in [0.1, 0.15) is 5.70 Å². The molecule has 3 aromatic rings. The lowest BCUT2D eigenvalue weighted by Crippen LogP contribution is -2.32. The smallest absolute Gasteiger partial charge is 0.278 e. The molecule has 0 atom stereocenters. The molecular weight excluding hydrogens is 350 g/mol. The molecule has 2 amide bonds. The van der Waals surface area contributed by atoms with E-state index >= 15 is 0 Å². The number of amides is 2. The molecule has 0 spiro atoms. The van der Waals surface area contributed by atoms with Gasteiger partial charge in [-0.05, 0) is 41.8 Å². The number of nitrogens with zero attached hydrogens (tertiary/aromatic N) is 2. The Kier molecular flexibility index (Phi) is 4.72. The fourth-order valence-electron chi connectivity index (χ4n) is 3.25. The van der Waals surface area contributed by atoms with E-state index in [4.69, 9.17) is 0 Å². The molecule has 0 aliphatic carbocycles. The average molecular weight is 369 g/mol. The van der Waals surface area contributed by atoms with E-state index in [1.807, 2.05) is 67.6 Å². The largest absolute Gasteiger partial charge is 0.350 e. The van der Waals surface area contributed by atoms with E-state index in [0.717, 1.165) is 16.8 Å². The van der Waals surface area contributed by atoms with Gasteiger partial charge in [0, 0.05) is 18.1 Å². The summed E-state index contributed by atoms with van der Waals surface area (Å²) in [5, 5.41) is 3.18. The third kappa shape index (κ3) is 3.42. The number of hydrogen-bond acceptors (Lipinski definition) is 4. The molecule has 0 saturated carbocycles. The van der Waals surface area contributed by atoms with E-state index in [0.29, 0.717) is 16.8 Å². The Hall–Kier alpha value is -3.73. The predicted molar refractivity (Wildman–Crippen MR) is 108 cm³/mol. The van der Waals surface area contributed by atoms with Crippen molar-refractivity contribution >= 4 is 23.1 Å². The minimum absolute atomic E-state index is 0.181. The topological polar surface area (TPSA) is 62.3 Å². The lowest BCUT2D eigenvalue weighted by atomic mass is 10.0. The summed E-state index contributed by atoms with van der Waals surface area (Å²) in [6.07, 6.45) is 3.32. The summed E-state index contributed by atoms with van der Waals surface area (Å²) in [7, 11) is 0. The van der Waals surface area contributed by atoms with Gasteiger partial charge in [-0.1, -0.05) is 48.5 Å². The molecule has 2 heterocycles. The van der Waals surface area contributed by atoms with Gasteiger partial charge in [0.2, 0.25) is 0 Å². The van der Waals surface area contributed by atoms with Gasteiger partial charge in [-0.3, -0.25) is 19.5 Å². The standard InChI is InChI=1S/C23H19N3O2/c1-16-7-5-11-19(13-16)25-21-20(18-9-3-2-4-10-18)22(27)26(23(21)28)15-17-8-6-12-24-14-17/h2-14,25H,15H2,1H3. The van der Waals surface area contributed by atoms with Crippen LogP contribution in [0.2, 0.25) is 0 Å². The number of aromatic nitrogens is 1. The van der Waals surface area contributed by atoms with Crippen LogP contribution in [0.3, 0.4) is 0 Å². The number of nitrogens with one attached hydrogen (secondary N) is 1. The molecule has 138 valence electrons. The number of hydrogen-bond donors (Lipinski definition) is 1. The summed E-state index contributed by atoms with van der Waals surface area (Å²) >= 11 is 0. The first kappa shape index (κ1) is 17.7. The molecular formula is C23H19N3O2. The van der Waals surface area contributed by atoms with Crippen LogP contribution < -0.4 is 5.32 Å². The van der Waals surface area contributed by atoms with Crippen LogP contribution in [0, 0.1) is 6.92 Å². The maximum atomic E-state index is 13.2. The molecule has 0 saturated heterocycles. The van der Waals surface area contributed by atoms with Crippen LogP contribution in [0.4, 0.5) is 5.69 Å². The highest BCUT2D eigenvalue weighted by atomic mass is 16.2. The van der Waals surface area contributed by atoms with E-state index in [9.17, 15) is 9.59 Å². The van der Waals surface area contributed by atoms with Crippen LogP contribution in [0.15, 0.2) is 84.8 Å². The number of benzene rings is 2. The van der Waals surface area contributed by atoms with Crippen molar-refractivity contribution in [3.63, 3.8) is 0 Å². The Labute approximate surface area is 163 Å². The van der Waals surface area contributed by atoms with Crippen molar-refractivity contribution in [1.29, 1.82) is 0 Å². The van der Waals surface area contributed by atoms with Crippen LogP contribution >= 0.6 is 0 Å². The van der Waals surface area contributed by atoms with Gasteiger partial charge in [0.25, 0.3) is 11.8 Å². The van der Waals surface area contributed by atoms with Gasteiger partial charge in [-0.2, -0.15) is 0 Å². The molecule has 2 aromatic carbocycles. The maximum Gasteiger partial charge on any atom is 0.278 e. The van der Waals surface area contributed by atoms with Gasteiger partial charge < -0.3 is 5.32 Å². The number of imide groups is 1. The second-order valence-electron chi connectivity index (χ2n) is 6.67. The second kappa shape index (κ2) is 7.48. The van der Waals surface area contributed by atoms with Gasteiger partial charge in [0.05, 0.1) is 12.1 Å². The summed E-state index contributed by atoms with van der Waals surface area (Å²) in [4.78, 5) is 31.7. The van der Waals surface area contributed by atoms with Crippen molar-refractivity contribution < 1.29 is 9.59 Å². The average Bonchev–Trinajstić information content (AvgIpc) is 2.94. The Morgan fingerprint density at radius 1 is 0.929 bits per heavy atom. The number of pyridine rings is 1. The van der Waals surface area contributed by atoms with Crippen molar-refractivity contribution in [2.24, 2.45) is 0 Å². The lowest BCUT2D eigenvalue weighted by molar-refractivity contribution is -0.137. The zero-order valence-corrected chi connectivity index (χ0v) is 15.4. The van der Waals surface area contributed by atoms with Crippen molar-refractivity contribution in [2.75, 3.05) is 5.32 Å². The maximum absolute atomic E-state index is 13.2. The monoisotopic (exact) mass is 369 g/mol. The first-order chi connectivity index (χ1) is 13.6. The SMILES string of the molecule is Cc1cccc(NC2=C(c3ccccc3)C(=O)N(Cc3cccnc3)C2=O)c1. The van der Waals surface area contributed by atoms with E-state index in [1.54, 1.807) is 18.5 Å². The number of carbonyl (C=O) groups is 2. The highest BCUT2D eigenvalue weighted by Gasteiger charge is 2.39. The second-order valence-corrected chi connectivity index (χ2v) is 6.67. The molecule has 5 nitrogen and oxygen atoms in total. The summed E-state index contributed by atoms with van der Waals surface area (Å²) in [6.45, 7) is 2.16. The Morgan fingerprint density at radius 3 is 2.46 bits per heavy atom. The molecule has 0 bridgehead atoms. The lowest BCUT2D eigenvalue weighted by Gasteiger charge is -2.15. The zero-order valence-electron chi connectivity index (χ0n) is 15.4. The van der Waals surface area contributed by atoms with Crippen LogP contribution in [-0.2, 0) is 16.1 Å². The number of rotatable bonds is 5. The van der Waals surface area contributed by atoms with E-state index in [1.165, 1.54) is 4.90 Å². The zero-order chi connectivity index (χ0) is 19.5. The minimum atomic E-state index is -0.339. The molecule has 4 rings (SSSR count). The number of aryl methyl sites for hydroxylation is 1. The van der Waals surface area contributed by atoms with Crippen LogP contribution in [0.5, 0.6) is 0 Å². The fourth-order valence-corrected chi connectivity index (χ4v) is 3.25. The summed E-state index contributed by atoms with van der Waals surface area (Å²) < 4.78 is 0. The van der Waals surface area contributed by atoms with Crippen LogP contribution in [0.1, 0.15) is 16.7 Å². The minimum Gasteiger partial charge on any atom is -0.350 e. The van der Waals surface area contributed by atoms with Crippen LogP contribution in [0.25, 0.3) is 5.57 Å². The summed E-state index contributed by atoms with van der Waals surface area (Å²) in [5.74, 6) is -0.649. The number of anilines is 1. The number of carbonyl (C=O) groups excluding carboxylic acids is 2. The van der Waals surface area contributed by atoms with Crippen molar-refractivity contribution in [3.05, 3.63) is 102 Å². The van der Waals surface area contributed by atoms with Gasteiger partial charge in [0.15, 0.2) is 0 Å². The van der Waals surface area contributed by atoms with Crippen LogP contribution in [-0.4, -0.2) is 21.7 Å². The Bertz CT molecular complexity index is 1060. The molecule has 1 aromatic heterocycles. The van der Waals surface area contributed by atoms with E-state index in [2.05, 4.69) is 10.3 Å². The molecule has 28 heavy (non-hydrogen) atoms. The third-order valence-corrected chi connectivity index (χ3v) is 4.58. The Morgan fingerprint density at radius 2 is 1.75 bits per heavy atom. The van der Waals surface area contributed by atoms with Crippen molar-refractivity contribution in [3.8, 4) is 0 Å². The van der Waals surface area contributed by atoms with Crippen molar-refractivity contribution in [1.82, 2.24) is 9.88 Å². The molecule has 0 fully saturated rings. The summed E-state index contributed by atoms with van der Waals surface area (Å²) in [6, 6.07) is 20.6. The van der Waals surface area contributed by atoms with E-state index in [-0.39, 0.29) is 18.4 Å². The summed E-state index contributed by atoms with van der Waals surface area (Å²) in [5.41, 5.74) is 4.03. The quantitative estimate of drug-likeness (QED) is 0.695. The highest BCUT2D eigenvalue weighted by Crippen LogP contribution is 2.31. The van der Waals surface area contributed by atoms with Gasteiger partial charge >= 0.3 is 0 Å². The van der Waals surface area contributed by atoms with E-state index < -0.39 is 0 Å². The molecule has 1 aliphatic rings. The molecule has 0 radical (unpaired) electrons. The van der Waals surface area contributed by atoms with Crippen molar-refractivity contribution in [2.45, 2.75) is 13.5 Å². The van der Waals surface area contributed by atoms with Gasteiger partial charge in [-0.15, -0.1) is 0 Å². The predicted octanol–water partition coefficient (Wildman–Crippen LogP) is 3.78. The normalized spacial score (nSPS) is 14.0. The Balaban J connectivity index is 1.74. The molecule has 0 unspecified atom stereocenters. The molecule has 1 aliphatic heterocycles.